The van der Waals surface area contributed by atoms with Gasteiger partial charge in [0, 0.05) is 7.05 Å². The quantitative estimate of drug-likeness (QED) is 0.162. The van der Waals surface area contributed by atoms with Crippen LogP contribution in [0.1, 0.15) is 54.6 Å². The van der Waals surface area contributed by atoms with Crippen LogP contribution in [0, 0.1) is 5.82 Å². The lowest BCUT2D eigenvalue weighted by molar-refractivity contribution is -0.137. The molecule has 1 amide bonds. The molecule has 3 aromatic carbocycles. The summed E-state index contributed by atoms with van der Waals surface area (Å²) in [7, 11) is -6.86. The first-order valence-corrected chi connectivity index (χ1v) is 18.1. The number of halogens is 4. The van der Waals surface area contributed by atoms with Gasteiger partial charge in [-0.05, 0) is 80.8 Å². The van der Waals surface area contributed by atoms with Gasteiger partial charge in [0.25, 0.3) is 5.91 Å². The summed E-state index contributed by atoms with van der Waals surface area (Å²) in [5, 5.41) is -1.56. The van der Waals surface area contributed by atoms with E-state index < -0.39 is 68.5 Å². The van der Waals surface area contributed by atoms with Crippen LogP contribution < -0.4 is 4.74 Å². The lowest BCUT2D eigenvalue weighted by Crippen LogP contribution is -2.31. The molecule has 0 radical (unpaired) electrons. The van der Waals surface area contributed by atoms with Crippen LogP contribution in [-0.2, 0) is 33.4 Å². The molecular weight excluding hydrogens is 664 g/mol. The first kappa shape index (κ1) is 35.3. The fraction of sp³-hybridized carbons (Fsp3) is 0.406. The number of rotatable bonds is 9. The molecule has 254 valence electrons. The molecule has 0 aromatic heterocycles. The average molecular weight is 700 g/mol. The molecule has 0 bridgehead atoms. The lowest BCUT2D eigenvalue weighted by atomic mass is 10.0. The van der Waals surface area contributed by atoms with Gasteiger partial charge in [-0.3, -0.25) is 13.9 Å². The molecule has 15 heteroatoms. The number of ether oxygens (including phenoxy) is 1. The summed E-state index contributed by atoms with van der Waals surface area (Å²) in [6.45, 7) is 6.76. The van der Waals surface area contributed by atoms with E-state index in [9.17, 15) is 27.1 Å². The van der Waals surface area contributed by atoms with Gasteiger partial charge in [-0.15, -0.1) is 0 Å². The normalized spacial score (nSPS) is 28.3. The van der Waals surface area contributed by atoms with E-state index in [1.807, 2.05) is 0 Å². The van der Waals surface area contributed by atoms with Crippen molar-refractivity contribution in [2.24, 2.45) is 0 Å². The zero-order valence-electron chi connectivity index (χ0n) is 26.3. The maximum absolute atomic E-state index is 15.5. The summed E-state index contributed by atoms with van der Waals surface area (Å²) in [6, 6.07) is 15.0. The van der Waals surface area contributed by atoms with Crippen molar-refractivity contribution in [1.29, 1.82) is 0 Å². The Morgan fingerprint density at radius 1 is 0.809 bits per heavy atom. The van der Waals surface area contributed by atoms with Gasteiger partial charge >= 0.3 is 21.4 Å². The van der Waals surface area contributed by atoms with E-state index in [0.29, 0.717) is 16.9 Å². The molecule has 2 fully saturated rings. The number of alkyl halides is 3. The minimum atomic E-state index is -4.41. The Kier molecular flexibility index (Phi) is 10.1. The van der Waals surface area contributed by atoms with Crippen LogP contribution in [0.5, 0.6) is 5.75 Å². The zero-order valence-corrected chi connectivity index (χ0v) is 28.1. The van der Waals surface area contributed by atoms with Crippen molar-refractivity contribution in [3.63, 3.8) is 0 Å². The molecule has 0 aliphatic carbocycles. The first-order valence-electron chi connectivity index (χ1n) is 14.9. The van der Waals surface area contributed by atoms with Crippen molar-refractivity contribution in [1.82, 2.24) is 4.90 Å². The highest BCUT2D eigenvalue weighted by molar-refractivity contribution is 7.72. The van der Waals surface area contributed by atoms with E-state index in [1.54, 1.807) is 52.0 Å². The number of hydrogen-bond acceptors (Lipinski definition) is 8. The summed E-state index contributed by atoms with van der Waals surface area (Å²) in [5.74, 6) is -1.13. The maximum Gasteiger partial charge on any atom is 0.416 e. The van der Waals surface area contributed by atoms with Crippen LogP contribution in [-0.4, -0.2) is 55.4 Å². The first-order chi connectivity index (χ1) is 22.0. The topological polar surface area (TPSA) is 101 Å². The van der Waals surface area contributed by atoms with E-state index in [-0.39, 0.29) is 24.3 Å². The third-order valence-electron chi connectivity index (χ3n) is 8.14. The van der Waals surface area contributed by atoms with Crippen LogP contribution in [0.2, 0.25) is 0 Å². The summed E-state index contributed by atoms with van der Waals surface area (Å²) >= 11 is 0. The second kappa shape index (κ2) is 13.5. The molecule has 0 saturated carbocycles. The molecule has 3 aromatic rings. The molecule has 4 unspecified atom stereocenters. The Labute approximate surface area is 270 Å². The third-order valence-corrected chi connectivity index (χ3v) is 14.1. The Hall–Kier alpha value is -3.05. The van der Waals surface area contributed by atoms with E-state index in [1.165, 1.54) is 36.2 Å². The van der Waals surface area contributed by atoms with Gasteiger partial charge in [0.05, 0.1) is 42.1 Å². The number of nitrogens with zero attached hydrogens (tertiary/aromatic N) is 1. The van der Waals surface area contributed by atoms with Crippen LogP contribution in [0.3, 0.4) is 0 Å². The highest BCUT2D eigenvalue weighted by Crippen LogP contribution is 2.82. The standard InChI is InChI=1S/C32H35F4NO8P2/c1-19-20(2)43-46(39,42-19)31(47(40)44-21(3)22(4)45-47)25-10-15-28(29(33)18-25)30(38)37(5)16-17-41-27-13-8-24(9-14-27)23-6-11-26(12-7-23)32(34,35)36/h6-15,18-22,31H,16-17H2,1-5H3. The van der Waals surface area contributed by atoms with Crippen molar-refractivity contribution in [2.45, 2.75) is 63.7 Å². The zero-order chi connectivity index (χ0) is 34.3. The molecule has 5 rings (SSSR count). The molecule has 0 spiro atoms. The van der Waals surface area contributed by atoms with Crippen molar-refractivity contribution in [2.75, 3.05) is 20.2 Å². The molecular formula is C32H35F4NO8P2. The molecule has 2 aliphatic heterocycles. The predicted octanol–water partition coefficient (Wildman–Crippen LogP) is 8.69. The fourth-order valence-corrected chi connectivity index (χ4v) is 11.3. The SMILES string of the molecule is CC1OP(=O)(C(c2ccc(C(=O)N(C)CCOc3ccc(-c4ccc(C(F)(F)F)cc4)cc3)c(F)c2)P2(=O)OC(C)C(C)O2)OC1C. The van der Waals surface area contributed by atoms with E-state index >= 15 is 4.39 Å². The molecule has 4 atom stereocenters. The van der Waals surface area contributed by atoms with Gasteiger partial charge in [-0.2, -0.15) is 13.2 Å². The van der Waals surface area contributed by atoms with Crippen LogP contribution in [0.25, 0.3) is 11.1 Å². The minimum Gasteiger partial charge on any atom is -0.492 e. The van der Waals surface area contributed by atoms with Gasteiger partial charge < -0.3 is 27.7 Å². The van der Waals surface area contributed by atoms with E-state index in [0.717, 1.165) is 18.2 Å². The second-order valence-corrected chi connectivity index (χ2v) is 16.1. The fourth-order valence-electron chi connectivity index (χ4n) is 5.16. The van der Waals surface area contributed by atoms with Gasteiger partial charge in [0.15, 0.2) is 5.40 Å². The monoisotopic (exact) mass is 699 g/mol. The van der Waals surface area contributed by atoms with Crippen LogP contribution >= 0.6 is 15.2 Å². The Morgan fingerprint density at radius 3 is 1.72 bits per heavy atom. The van der Waals surface area contributed by atoms with Crippen molar-refractivity contribution < 1.29 is 54.3 Å². The van der Waals surface area contributed by atoms with Crippen LogP contribution in [0.4, 0.5) is 17.6 Å². The van der Waals surface area contributed by atoms with Crippen molar-refractivity contribution >= 4 is 21.1 Å². The highest BCUT2D eigenvalue weighted by atomic mass is 31.2. The van der Waals surface area contributed by atoms with Crippen molar-refractivity contribution in [3.8, 4) is 16.9 Å². The summed E-state index contributed by atoms with van der Waals surface area (Å²) < 4.78 is 110. The molecule has 0 N–H and O–H groups in total. The van der Waals surface area contributed by atoms with E-state index in [2.05, 4.69) is 0 Å². The lowest BCUT2D eigenvalue weighted by Gasteiger charge is -2.27. The van der Waals surface area contributed by atoms with Gasteiger partial charge in [-0.1, -0.05) is 30.3 Å². The van der Waals surface area contributed by atoms with Crippen molar-refractivity contribution in [3.05, 3.63) is 89.2 Å². The smallest absolute Gasteiger partial charge is 0.416 e. The number of amides is 1. The van der Waals surface area contributed by atoms with E-state index in [4.69, 9.17) is 22.8 Å². The molecule has 2 aliphatic rings. The number of carbonyl (C=O) groups excluding carboxylic acids is 1. The Morgan fingerprint density at radius 2 is 1.28 bits per heavy atom. The molecule has 47 heavy (non-hydrogen) atoms. The average Bonchev–Trinajstić information content (AvgIpc) is 3.42. The second-order valence-electron chi connectivity index (χ2n) is 11.6. The summed E-state index contributed by atoms with van der Waals surface area (Å²) in [6.07, 6.45) is -6.78. The maximum atomic E-state index is 15.5. The summed E-state index contributed by atoms with van der Waals surface area (Å²) in [4.78, 5) is 14.4. The molecule has 2 saturated heterocycles. The van der Waals surface area contributed by atoms with Crippen LogP contribution in [0.15, 0.2) is 66.7 Å². The largest absolute Gasteiger partial charge is 0.492 e. The number of likely N-dealkylation sites (N-methyl/N-ethyl adjacent to an activating group) is 1. The molecule has 9 nitrogen and oxygen atoms in total. The Balaban J connectivity index is 1.24. The highest BCUT2D eigenvalue weighted by Gasteiger charge is 2.60. The Bertz CT molecular complexity index is 1640. The summed E-state index contributed by atoms with van der Waals surface area (Å²) in [5.41, 5.74) is 0.273. The van der Waals surface area contributed by atoms with Gasteiger partial charge in [0.2, 0.25) is 0 Å². The number of carbonyl (C=O) groups is 1. The van der Waals surface area contributed by atoms with Gasteiger partial charge in [-0.25, -0.2) is 4.39 Å². The van der Waals surface area contributed by atoms with Gasteiger partial charge in [0.1, 0.15) is 18.2 Å². The minimum absolute atomic E-state index is 0.0148. The molecule has 2 heterocycles. The number of hydrogen-bond donors (Lipinski definition) is 0. The number of benzene rings is 3. The predicted molar refractivity (Wildman–Crippen MR) is 166 cm³/mol. The third kappa shape index (κ3) is 7.51.